The molecule has 0 unspecified atom stereocenters. The number of fused-ring (bicyclic) bond motifs is 1. The lowest BCUT2D eigenvalue weighted by atomic mass is 10.1. The van der Waals surface area contributed by atoms with Crippen molar-refractivity contribution in [2.75, 3.05) is 17.7 Å². The number of aromatic nitrogens is 4. The topological polar surface area (TPSA) is 139 Å². The average molecular weight is 419 g/mol. The van der Waals surface area contributed by atoms with Gasteiger partial charge >= 0.3 is 0 Å². The molecule has 3 heterocycles. The Balaban J connectivity index is 0.00000300. The minimum atomic E-state index is -1.02. The van der Waals surface area contributed by atoms with Gasteiger partial charge in [0, 0.05) is 29.7 Å². The molecule has 0 amide bonds. The van der Waals surface area contributed by atoms with Gasteiger partial charge in [-0.25, -0.2) is 15.0 Å². The summed E-state index contributed by atoms with van der Waals surface area (Å²) < 4.78 is 1.37. The van der Waals surface area contributed by atoms with Crippen LogP contribution < -0.4 is 16.6 Å². The second-order valence-corrected chi connectivity index (χ2v) is 7.63. The molecule has 0 aliphatic carbocycles. The van der Waals surface area contributed by atoms with Gasteiger partial charge in [0.25, 0.3) is 5.56 Å². The Morgan fingerprint density at radius 3 is 2.52 bits per heavy atom. The highest BCUT2D eigenvalue weighted by molar-refractivity contribution is 7.59. The molecule has 0 bridgehead atoms. The van der Waals surface area contributed by atoms with Crippen LogP contribution in [0.5, 0.6) is 0 Å². The number of nitrogens with one attached hydrogen (secondary N) is 1. The maximum absolute atomic E-state index is 13.0. The lowest BCUT2D eigenvalue weighted by Crippen LogP contribution is -2.31. The van der Waals surface area contributed by atoms with Gasteiger partial charge in [-0.3, -0.25) is 4.79 Å². The van der Waals surface area contributed by atoms with Gasteiger partial charge in [-0.1, -0.05) is 0 Å². The number of aliphatic hydroxyl groups is 2. The molecule has 3 aromatic rings. The Bertz CT molecular complexity index is 1050. The summed E-state index contributed by atoms with van der Waals surface area (Å²) in [5.74, 6) is 0.595. The van der Waals surface area contributed by atoms with Crippen molar-refractivity contribution in [2.45, 2.75) is 39.0 Å². The normalized spacial score (nSPS) is 12.4. The molecule has 0 radical (unpaired) electrons. The Hall–Kier alpha value is -2.69. The van der Waals surface area contributed by atoms with Gasteiger partial charge < -0.3 is 25.8 Å². The first-order chi connectivity index (χ1) is 13.2. The fourth-order valence-electron chi connectivity index (χ4n) is 2.79. The molecule has 0 fully saturated rings. The molecule has 9 nitrogen and oxygen atoms in total. The lowest BCUT2D eigenvalue weighted by Gasteiger charge is -2.23. The summed E-state index contributed by atoms with van der Waals surface area (Å²) in [6, 6.07) is 3.56. The van der Waals surface area contributed by atoms with Crippen LogP contribution in [0.1, 0.15) is 20.8 Å². The van der Waals surface area contributed by atoms with E-state index in [2.05, 4.69) is 20.3 Å². The molecule has 0 saturated heterocycles. The second-order valence-electron chi connectivity index (χ2n) is 7.63. The van der Waals surface area contributed by atoms with E-state index in [0.29, 0.717) is 27.8 Å². The van der Waals surface area contributed by atoms with Gasteiger partial charge in [0.15, 0.2) is 0 Å². The third-order valence-electron chi connectivity index (χ3n) is 4.04. The van der Waals surface area contributed by atoms with E-state index in [9.17, 15) is 9.90 Å². The summed E-state index contributed by atoms with van der Waals surface area (Å²) in [5, 5.41) is 23.2. The number of nitrogens with two attached hydrogens (primary N) is 1. The van der Waals surface area contributed by atoms with Crippen LogP contribution >= 0.6 is 13.5 Å². The van der Waals surface area contributed by atoms with Crippen molar-refractivity contribution < 1.29 is 10.2 Å². The van der Waals surface area contributed by atoms with E-state index in [1.807, 2.05) is 20.8 Å². The molecular formula is C19H26N6O3S. The fraction of sp³-hybridized carbons (Fsp3) is 0.368. The van der Waals surface area contributed by atoms with Crippen LogP contribution in [-0.4, -0.2) is 48.0 Å². The predicted octanol–water partition coefficient (Wildman–Crippen LogP) is 1.11. The minimum Gasteiger partial charge on any atom is -0.394 e. The van der Waals surface area contributed by atoms with Crippen LogP contribution in [0, 0.1) is 0 Å². The van der Waals surface area contributed by atoms with E-state index < -0.39 is 12.7 Å². The zero-order valence-electron chi connectivity index (χ0n) is 16.5. The monoisotopic (exact) mass is 418 g/mol. The third-order valence-corrected chi connectivity index (χ3v) is 4.04. The largest absolute Gasteiger partial charge is 0.394 e. The summed E-state index contributed by atoms with van der Waals surface area (Å²) in [6.45, 7) is 5.48. The Morgan fingerprint density at radius 2 is 1.93 bits per heavy atom. The smallest absolute Gasteiger partial charge is 0.262 e. The van der Waals surface area contributed by atoms with E-state index in [1.165, 1.54) is 4.57 Å². The van der Waals surface area contributed by atoms with Gasteiger partial charge in [0.05, 0.1) is 30.3 Å². The fourth-order valence-corrected chi connectivity index (χ4v) is 2.79. The molecule has 3 rings (SSSR count). The van der Waals surface area contributed by atoms with Crippen molar-refractivity contribution in [3.05, 3.63) is 41.1 Å². The number of nitrogens with zero attached hydrogens (tertiary/aromatic N) is 4. The molecule has 0 aliphatic heterocycles. The molecule has 0 spiro atoms. The maximum atomic E-state index is 13.0. The van der Waals surface area contributed by atoms with Crippen LogP contribution in [0.2, 0.25) is 0 Å². The molecule has 5 N–H and O–H groups in total. The highest BCUT2D eigenvalue weighted by Gasteiger charge is 2.18. The predicted molar refractivity (Wildman–Crippen MR) is 118 cm³/mol. The molecule has 3 aromatic heterocycles. The number of anilines is 2. The van der Waals surface area contributed by atoms with E-state index in [0.717, 1.165) is 0 Å². The highest BCUT2D eigenvalue weighted by Crippen LogP contribution is 2.27. The highest BCUT2D eigenvalue weighted by atomic mass is 32.1. The summed E-state index contributed by atoms with van der Waals surface area (Å²) in [5.41, 5.74) is 6.20. The quantitative estimate of drug-likeness (QED) is 0.483. The summed E-state index contributed by atoms with van der Waals surface area (Å²) in [7, 11) is 0. The van der Waals surface area contributed by atoms with Crippen LogP contribution in [0.15, 0.2) is 35.5 Å². The van der Waals surface area contributed by atoms with E-state index in [1.54, 1.807) is 30.7 Å². The van der Waals surface area contributed by atoms with E-state index >= 15 is 0 Å². The van der Waals surface area contributed by atoms with Crippen LogP contribution in [-0.2, 0) is 6.54 Å². The number of hydrogen-bond donors (Lipinski definition) is 4. The summed E-state index contributed by atoms with van der Waals surface area (Å²) in [4.78, 5) is 25.7. The molecule has 0 aliphatic rings. The SMILES string of the molecule is CC(C)(C)Nc1nc(-c2cnc(N)nc2)cc2ccn(C[C@H](O)CO)c(=O)c12.S. The summed E-state index contributed by atoms with van der Waals surface area (Å²) >= 11 is 0. The Labute approximate surface area is 175 Å². The van der Waals surface area contributed by atoms with Gasteiger partial charge in [-0.05, 0) is 38.3 Å². The first-order valence-corrected chi connectivity index (χ1v) is 8.87. The molecule has 29 heavy (non-hydrogen) atoms. The van der Waals surface area contributed by atoms with E-state index in [-0.39, 0.29) is 37.1 Å². The standard InChI is InChI=1S/C19H24N6O3.H2S/c1-19(2,3)24-16-15-11(4-5-25(17(15)28)9-13(27)10-26)6-14(23-16)12-7-21-18(20)22-8-12;/h4-8,13,26-27H,9-10H2,1-3H3,(H,23,24)(H2,20,21,22);1H2/t13-;/m0./s1. The summed E-state index contributed by atoms with van der Waals surface area (Å²) in [6.07, 6.45) is 3.73. The number of aliphatic hydroxyl groups excluding tert-OH is 2. The van der Waals surface area contributed by atoms with Crippen molar-refractivity contribution in [2.24, 2.45) is 0 Å². The zero-order valence-corrected chi connectivity index (χ0v) is 17.5. The molecular weight excluding hydrogens is 392 g/mol. The molecule has 10 heteroatoms. The first-order valence-electron chi connectivity index (χ1n) is 8.87. The van der Waals surface area contributed by atoms with Crippen molar-refractivity contribution in [3.8, 4) is 11.3 Å². The molecule has 1 atom stereocenters. The van der Waals surface area contributed by atoms with Crippen molar-refractivity contribution >= 4 is 36.0 Å². The van der Waals surface area contributed by atoms with Crippen molar-refractivity contribution in [1.29, 1.82) is 0 Å². The Morgan fingerprint density at radius 1 is 1.28 bits per heavy atom. The second kappa shape index (κ2) is 8.76. The van der Waals surface area contributed by atoms with Crippen LogP contribution in [0.4, 0.5) is 11.8 Å². The minimum absolute atomic E-state index is 0. The Kier molecular flexibility index (Phi) is 6.83. The third kappa shape index (κ3) is 5.22. The molecule has 0 aromatic carbocycles. The van der Waals surface area contributed by atoms with Gasteiger partial charge in [-0.15, -0.1) is 0 Å². The zero-order chi connectivity index (χ0) is 20.5. The molecule has 0 saturated carbocycles. The van der Waals surface area contributed by atoms with Crippen molar-refractivity contribution in [1.82, 2.24) is 19.5 Å². The lowest BCUT2D eigenvalue weighted by molar-refractivity contribution is 0.0805. The number of rotatable bonds is 5. The first kappa shape index (κ1) is 22.6. The van der Waals surface area contributed by atoms with Crippen molar-refractivity contribution in [3.63, 3.8) is 0 Å². The van der Waals surface area contributed by atoms with Gasteiger partial charge in [0.2, 0.25) is 5.95 Å². The van der Waals surface area contributed by atoms with E-state index in [4.69, 9.17) is 10.8 Å². The maximum Gasteiger partial charge on any atom is 0.262 e. The molecule has 156 valence electrons. The number of pyridine rings is 2. The van der Waals surface area contributed by atoms with Gasteiger partial charge in [-0.2, -0.15) is 13.5 Å². The van der Waals surface area contributed by atoms with Crippen LogP contribution in [0.25, 0.3) is 22.0 Å². The number of hydrogen-bond acceptors (Lipinski definition) is 8. The average Bonchev–Trinajstić information content (AvgIpc) is 2.62. The van der Waals surface area contributed by atoms with Gasteiger partial charge in [0.1, 0.15) is 5.82 Å². The number of nitrogen functional groups attached to an aromatic ring is 1. The van der Waals surface area contributed by atoms with Crippen LogP contribution in [0.3, 0.4) is 0 Å².